The molecule has 0 radical (unpaired) electrons. The Morgan fingerprint density at radius 1 is 0.952 bits per heavy atom. The molecular weight excluding hydrogens is 572 g/mol. The molecule has 11 heteroatoms. The summed E-state index contributed by atoms with van der Waals surface area (Å²) in [6.45, 7) is 2.05. The van der Waals surface area contributed by atoms with Gasteiger partial charge in [0, 0.05) is 18.8 Å². The first-order valence-corrected chi connectivity index (χ1v) is 14.5. The van der Waals surface area contributed by atoms with Crippen molar-refractivity contribution in [2.45, 2.75) is 37.4 Å². The van der Waals surface area contributed by atoms with E-state index in [0.29, 0.717) is 35.7 Å². The number of rotatable bonds is 7. The van der Waals surface area contributed by atoms with Crippen LogP contribution in [0.5, 0.6) is 11.5 Å². The number of sulfonamides is 1. The summed E-state index contributed by atoms with van der Waals surface area (Å²) in [5, 5.41) is 2.80. The van der Waals surface area contributed by atoms with Crippen LogP contribution in [0, 0.1) is 12.7 Å². The van der Waals surface area contributed by atoms with Crippen molar-refractivity contribution in [2.24, 2.45) is 0 Å². The van der Waals surface area contributed by atoms with Crippen molar-refractivity contribution in [2.75, 3.05) is 11.9 Å². The second kappa shape index (κ2) is 11.6. The van der Waals surface area contributed by atoms with Gasteiger partial charge in [-0.05, 0) is 84.1 Å². The van der Waals surface area contributed by atoms with Crippen molar-refractivity contribution in [3.05, 3.63) is 119 Å². The van der Waals surface area contributed by atoms with E-state index in [0.717, 1.165) is 22.8 Å². The molecule has 0 aliphatic carbocycles. The minimum Gasteiger partial charge on any atom is -0.457 e. The number of anilines is 1. The lowest BCUT2D eigenvalue weighted by Gasteiger charge is -2.30. The summed E-state index contributed by atoms with van der Waals surface area (Å²) in [5.41, 5.74) is 1.46. The number of benzene rings is 4. The van der Waals surface area contributed by atoms with Gasteiger partial charge in [0.2, 0.25) is 15.9 Å². The van der Waals surface area contributed by atoms with Gasteiger partial charge in [0.15, 0.2) is 0 Å². The fraction of sp³-hybridized carbons (Fsp3) is 0.194. The van der Waals surface area contributed by atoms with Crippen LogP contribution in [0.3, 0.4) is 0 Å². The summed E-state index contributed by atoms with van der Waals surface area (Å²) >= 11 is 0. The number of amides is 1. The summed E-state index contributed by atoms with van der Waals surface area (Å²) in [7, 11) is -3.82. The molecule has 0 atom stereocenters. The summed E-state index contributed by atoms with van der Waals surface area (Å²) in [6.07, 6.45) is -4.83. The molecule has 5 rings (SSSR count). The van der Waals surface area contributed by atoms with Crippen molar-refractivity contribution in [1.29, 1.82) is 0 Å². The zero-order chi connectivity index (χ0) is 30.1. The number of nitrogens with one attached hydrogen (secondary N) is 1. The van der Waals surface area contributed by atoms with Crippen molar-refractivity contribution in [3.8, 4) is 11.5 Å². The van der Waals surface area contributed by atoms with Crippen LogP contribution in [0.2, 0.25) is 0 Å². The lowest BCUT2D eigenvalue weighted by atomic mass is 9.95. The third kappa shape index (κ3) is 6.32. The SMILES string of the molecule is Cc1ccc2c(c1NC(=O)Cc1ccc(C(F)(F)F)c(F)c1)CCN(S(=O)(=O)c1ccc(Oc3ccccc3)cc1)C2. The highest BCUT2D eigenvalue weighted by atomic mass is 32.2. The predicted octanol–water partition coefficient (Wildman–Crippen LogP) is 6.87. The van der Waals surface area contributed by atoms with Gasteiger partial charge in [-0.25, -0.2) is 12.8 Å². The van der Waals surface area contributed by atoms with Gasteiger partial charge in [-0.2, -0.15) is 17.5 Å². The number of ether oxygens (including phenoxy) is 1. The molecule has 1 aliphatic heterocycles. The van der Waals surface area contributed by atoms with Gasteiger partial charge < -0.3 is 10.1 Å². The van der Waals surface area contributed by atoms with Crippen LogP contribution in [0.25, 0.3) is 0 Å². The minimum absolute atomic E-state index is 0.0905. The Morgan fingerprint density at radius 2 is 1.64 bits per heavy atom. The summed E-state index contributed by atoms with van der Waals surface area (Å²) < 4.78 is 86.5. The van der Waals surface area contributed by atoms with E-state index in [1.165, 1.54) is 16.4 Å². The Kier molecular flexibility index (Phi) is 8.07. The van der Waals surface area contributed by atoms with Gasteiger partial charge in [0.25, 0.3) is 0 Å². The van der Waals surface area contributed by atoms with Crippen LogP contribution in [0.1, 0.15) is 27.8 Å². The summed E-state index contributed by atoms with van der Waals surface area (Å²) in [6, 6.07) is 21.3. The van der Waals surface area contributed by atoms with E-state index in [2.05, 4.69) is 5.32 Å². The number of nitrogens with zero attached hydrogens (tertiary/aromatic N) is 1. The Bertz CT molecular complexity index is 1720. The Labute approximate surface area is 240 Å². The third-order valence-electron chi connectivity index (χ3n) is 6.98. The lowest BCUT2D eigenvalue weighted by Crippen LogP contribution is -2.36. The molecule has 0 aromatic heterocycles. The fourth-order valence-electron chi connectivity index (χ4n) is 4.85. The Hall–Kier alpha value is -4.22. The lowest BCUT2D eigenvalue weighted by molar-refractivity contribution is -0.140. The topological polar surface area (TPSA) is 75.7 Å². The van der Waals surface area contributed by atoms with Gasteiger partial charge in [-0.1, -0.05) is 36.4 Å². The highest BCUT2D eigenvalue weighted by Crippen LogP contribution is 2.34. The molecule has 1 N–H and O–H groups in total. The number of para-hydroxylation sites is 1. The maximum absolute atomic E-state index is 14.0. The minimum atomic E-state index is -4.83. The van der Waals surface area contributed by atoms with E-state index in [-0.39, 0.29) is 30.0 Å². The number of aryl methyl sites for hydroxylation is 1. The number of alkyl halides is 3. The van der Waals surface area contributed by atoms with E-state index < -0.39 is 33.5 Å². The van der Waals surface area contributed by atoms with E-state index in [1.54, 1.807) is 37.3 Å². The zero-order valence-corrected chi connectivity index (χ0v) is 23.2. The van der Waals surface area contributed by atoms with Crippen LogP contribution in [0.4, 0.5) is 23.2 Å². The average Bonchev–Trinajstić information content (AvgIpc) is 2.94. The molecule has 42 heavy (non-hydrogen) atoms. The molecule has 0 fully saturated rings. The van der Waals surface area contributed by atoms with E-state index in [9.17, 15) is 30.8 Å². The molecule has 0 spiro atoms. The largest absolute Gasteiger partial charge is 0.457 e. The van der Waals surface area contributed by atoms with Crippen LogP contribution < -0.4 is 10.1 Å². The smallest absolute Gasteiger partial charge is 0.419 e. The molecule has 1 heterocycles. The predicted molar refractivity (Wildman–Crippen MR) is 149 cm³/mol. The number of hydrogen-bond donors (Lipinski definition) is 1. The number of carbonyl (C=O) groups is 1. The van der Waals surface area contributed by atoms with E-state index >= 15 is 0 Å². The highest BCUT2D eigenvalue weighted by molar-refractivity contribution is 7.89. The number of carbonyl (C=O) groups excluding carboxylic acids is 1. The standard InChI is InChI=1S/C31H26F4N2O4S/c1-20-7-9-22-19-37(42(39,40)25-12-10-24(11-13-25)41-23-5-3-2-4-6-23)16-15-26(22)30(20)36-29(38)18-21-8-14-27(28(32)17-21)31(33,34)35/h2-14,17H,15-16,18-19H2,1H3,(H,36,38). The summed E-state index contributed by atoms with van der Waals surface area (Å²) in [5.74, 6) is -0.844. The number of fused-ring (bicyclic) bond motifs is 1. The third-order valence-corrected chi connectivity index (χ3v) is 8.84. The van der Waals surface area contributed by atoms with Crippen LogP contribution >= 0.6 is 0 Å². The molecule has 6 nitrogen and oxygen atoms in total. The highest BCUT2D eigenvalue weighted by Gasteiger charge is 2.34. The van der Waals surface area contributed by atoms with Crippen LogP contribution in [-0.2, 0) is 40.4 Å². The average molecular weight is 599 g/mol. The van der Waals surface area contributed by atoms with Gasteiger partial charge in [-0.15, -0.1) is 0 Å². The number of halogens is 4. The molecule has 0 saturated carbocycles. The molecule has 4 aromatic carbocycles. The maximum atomic E-state index is 14.0. The first-order valence-electron chi connectivity index (χ1n) is 13.0. The monoisotopic (exact) mass is 598 g/mol. The number of hydrogen-bond acceptors (Lipinski definition) is 4. The van der Waals surface area contributed by atoms with Gasteiger partial charge >= 0.3 is 6.18 Å². The first kappa shape index (κ1) is 29.3. The molecule has 218 valence electrons. The fourth-order valence-corrected chi connectivity index (χ4v) is 6.27. The van der Waals surface area contributed by atoms with Gasteiger partial charge in [0.05, 0.1) is 16.9 Å². The molecule has 0 unspecified atom stereocenters. The van der Waals surface area contributed by atoms with Crippen LogP contribution in [-0.4, -0.2) is 25.2 Å². The van der Waals surface area contributed by atoms with Crippen molar-refractivity contribution < 1.29 is 35.5 Å². The normalized spacial score (nSPS) is 13.8. The van der Waals surface area contributed by atoms with Gasteiger partial charge in [-0.3, -0.25) is 4.79 Å². The van der Waals surface area contributed by atoms with Crippen molar-refractivity contribution >= 4 is 21.6 Å². The summed E-state index contributed by atoms with van der Waals surface area (Å²) in [4.78, 5) is 12.9. The van der Waals surface area contributed by atoms with Crippen molar-refractivity contribution in [1.82, 2.24) is 4.31 Å². The van der Waals surface area contributed by atoms with Crippen molar-refractivity contribution in [3.63, 3.8) is 0 Å². The van der Waals surface area contributed by atoms with E-state index in [4.69, 9.17) is 4.74 Å². The molecular formula is C31H26F4N2O4S. The Balaban J connectivity index is 1.29. The van der Waals surface area contributed by atoms with E-state index in [1.807, 2.05) is 24.3 Å². The molecule has 1 amide bonds. The zero-order valence-electron chi connectivity index (χ0n) is 22.4. The second-order valence-corrected chi connectivity index (χ2v) is 11.8. The molecule has 0 saturated heterocycles. The molecule has 0 bridgehead atoms. The molecule has 4 aromatic rings. The first-order chi connectivity index (χ1) is 19.9. The van der Waals surface area contributed by atoms with Gasteiger partial charge in [0.1, 0.15) is 17.3 Å². The Morgan fingerprint density at radius 3 is 2.31 bits per heavy atom. The second-order valence-electron chi connectivity index (χ2n) is 9.91. The maximum Gasteiger partial charge on any atom is 0.419 e. The molecule has 1 aliphatic rings. The van der Waals surface area contributed by atoms with Crippen LogP contribution in [0.15, 0.2) is 89.8 Å². The quantitative estimate of drug-likeness (QED) is 0.236.